The molecule has 0 saturated heterocycles. The predicted molar refractivity (Wildman–Crippen MR) is 114 cm³/mol. The molecule has 5 rings (SSSR count). The van der Waals surface area contributed by atoms with Crippen LogP contribution in [0.25, 0.3) is 0 Å². The summed E-state index contributed by atoms with van der Waals surface area (Å²) in [5.74, 6) is 3.72. The standard InChI is InChI=1S/C21H17Cl2N3O4/c22-14-6-18-16(27-9-29-18)4-12(14)3-11-1-2-20(26-21(11)24)25-8-13-5-17-19(7-15(13)23)30-10-28-17/h1-2,4-7H,3,8-10H2,(H3,24,25,26). The monoisotopic (exact) mass is 445 g/mol. The fraction of sp³-hybridized carbons (Fsp3) is 0.190. The van der Waals surface area contributed by atoms with Crippen LogP contribution in [0.5, 0.6) is 23.0 Å². The van der Waals surface area contributed by atoms with E-state index in [2.05, 4.69) is 10.3 Å². The molecule has 0 saturated carbocycles. The largest absolute Gasteiger partial charge is 0.454 e. The number of rotatable bonds is 5. The summed E-state index contributed by atoms with van der Waals surface area (Å²) in [7, 11) is 0. The van der Waals surface area contributed by atoms with E-state index < -0.39 is 0 Å². The molecule has 2 aromatic carbocycles. The van der Waals surface area contributed by atoms with E-state index in [-0.39, 0.29) is 13.6 Å². The molecular weight excluding hydrogens is 429 g/mol. The highest BCUT2D eigenvalue weighted by atomic mass is 35.5. The lowest BCUT2D eigenvalue weighted by Crippen LogP contribution is -2.06. The van der Waals surface area contributed by atoms with Crippen LogP contribution < -0.4 is 30.0 Å². The molecule has 7 nitrogen and oxygen atoms in total. The van der Waals surface area contributed by atoms with E-state index in [4.69, 9.17) is 47.9 Å². The molecular formula is C21H17Cl2N3O4. The molecule has 3 N–H and O–H groups in total. The number of benzene rings is 2. The highest BCUT2D eigenvalue weighted by Crippen LogP contribution is 2.38. The number of hydrogen-bond donors (Lipinski definition) is 2. The molecule has 0 amide bonds. The van der Waals surface area contributed by atoms with Crippen LogP contribution in [0.2, 0.25) is 10.0 Å². The molecule has 0 aliphatic carbocycles. The van der Waals surface area contributed by atoms with Gasteiger partial charge in [0.05, 0.1) is 0 Å². The van der Waals surface area contributed by atoms with Crippen molar-refractivity contribution in [3.05, 3.63) is 63.1 Å². The Morgan fingerprint density at radius 1 is 0.800 bits per heavy atom. The van der Waals surface area contributed by atoms with E-state index in [1.807, 2.05) is 24.3 Å². The second kappa shape index (κ2) is 7.66. The number of nitrogen functional groups attached to an aromatic ring is 1. The third-order valence-corrected chi connectivity index (χ3v) is 5.64. The molecule has 1 aromatic heterocycles. The van der Waals surface area contributed by atoms with Gasteiger partial charge in [0, 0.05) is 35.1 Å². The van der Waals surface area contributed by atoms with Crippen LogP contribution in [0.1, 0.15) is 16.7 Å². The predicted octanol–water partition coefficient (Wildman–Crippen LogP) is 4.63. The minimum atomic E-state index is 0.201. The Bertz CT molecular complexity index is 1140. The molecule has 0 radical (unpaired) electrons. The SMILES string of the molecule is Nc1nc(NCc2cc3c(cc2Cl)OCO3)ccc1Cc1cc2c(cc1Cl)OCO2. The second-order valence-electron chi connectivity index (χ2n) is 6.86. The van der Waals surface area contributed by atoms with E-state index in [0.29, 0.717) is 57.6 Å². The summed E-state index contributed by atoms with van der Waals surface area (Å²) in [6.07, 6.45) is 0.530. The van der Waals surface area contributed by atoms with E-state index in [1.165, 1.54) is 0 Å². The first-order chi connectivity index (χ1) is 14.6. The smallest absolute Gasteiger partial charge is 0.231 e. The molecule has 2 aliphatic heterocycles. The lowest BCUT2D eigenvalue weighted by molar-refractivity contribution is 0.173. The summed E-state index contributed by atoms with van der Waals surface area (Å²) in [5, 5.41) is 4.42. The maximum absolute atomic E-state index is 6.37. The van der Waals surface area contributed by atoms with Crippen molar-refractivity contribution in [1.82, 2.24) is 4.98 Å². The zero-order valence-electron chi connectivity index (χ0n) is 15.7. The van der Waals surface area contributed by atoms with Gasteiger partial charge in [0.15, 0.2) is 23.0 Å². The molecule has 3 heterocycles. The average Bonchev–Trinajstić information content (AvgIpc) is 3.36. The Balaban J connectivity index is 1.30. The number of nitrogens with one attached hydrogen (secondary N) is 1. The summed E-state index contributed by atoms with van der Waals surface area (Å²) in [4.78, 5) is 4.46. The van der Waals surface area contributed by atoms with Crippen molar-refractivity contribution >= 4 is 34.8 Å². The minimum absolute atomic E-state index is 0.201. The normalized spacial score (nSPS) is 13.5. The van der Waals surface area contributed by atoms with Crippen LogP contribution in [0.3, 0.4) is 0 Å². The summed E-state index contributed by atoms with van der Waals surface area (Å²) in [5.41, 5.74) is 8.82. The van der Waals surface area contributed by atoms with Crippen LogP contribution >= 0.6 is 23.2 Å². The summed E-state index contributed by atoms with van der Waals surface area (Å²) in [6.45, 7) is 0.872. The molecule has 0 atom stereocenters. The molecule has 0 unspecified atom stereocenters. The lowest BCUT2D eigenvalue weighted by Gasteiger charge is -2.12. The number of nitrogens with two attached hydrogens (primary N) is 1. The summed E-state index contributed by atoms with van der Waals surface area (Å²) < 4.78 is 21.5. The molecule has 0 spiro atoms. The van der Waals surface area contributed by atoms with Crippen LogP contribution in [0.15, 0.2) is 36.4 Å². The van der Waals surface area contributed by atoms with Crippen molar-refractivity contribution in [2.24, 2.45) is 0 Å². The Morgan fingerprint density at radius 3 is 2.00 bits per heavy atom. The maximum Gasteiger partial charge on any atom is 0.231 e. The highest BCUT2D eigenvalue weighted by molar-refractivity contribution is 6.32. The summed E-state index contributed by atoms with van der Waals surface area (Å²) >= 11 is 12.7. The molecule has 0 fully saturated rings. The third kappa shape index (κ3) is 3.62. The fourth-order valence-electron chi connectivity index (χ4n) is 3.33. The third-order valence-electron chi connectivity index (χ3n) is 4.94. The quantitative estimate of drug-likeness (QED) is 0.591. The van der Waals surface area contributed by atoms with Gasteiger partial charge in [0.1, 0.15) is 11.6 Å². The number of fused-ring (bicyclic) bond motifs is 2. The molecule has 2 aliphatic rings. The van der Waals surface area contributed by atoms with Crippen LogP contribution in [-0.2, 0) is 13.0 Å². The molecule has 154 valence electrons. The zero-order valence-corrected chi connectivity index (χ0v) is 17.2. The Labute approximate surface area is 182 Å². The van der Waals surface area contributed by atoms with Gasteiger partial charge < -0.3 is 30.0 Å². The van der Waals surface area contributed by atoms with Crippen molar-refractivity contribution in [3.63, 3.8) is 0 Å². The van der Waals surface area contributed by atoms with Gasteiger partial charge in [0.2, 0.25) is 13.6 Å². The Hall–Kier alpha value is -3.03. The van der Waals surface area contributed by atoms with E-state index in [0.717, 1.165) is 16.7 Å². The number of pyridine rings is 1. The molecule has 9 heteroatoms. The van der Waals surface area contributed by atoms with Crippen LogP contribution in [0, 0.1) is 0 Å². The van der Waals surface area contributed by atoms with Crippen LogP contribution in [0.4, 0.5) is 11.6 Å². The van der Waals surface area contributed by atoms with Crippen molar-refractivity contribution in [2.75, 3.05) is 24.6 Å². The van der Waals surface area contributed by atoms with Gasteiger partial charge in [-0.05, 0) is 34.9 Å². The first-order valence-electron chi connectivity index (χ1n) is 9.22. The number of aromatic nitrogens is 1. The Kier molecular flexibility index (Phi) is 4.84. The molecule has 3 aromatic rings. The number of anilines is 2. The Morgan fingerprint density at radius 2 is 1.37 bits per heavy atom. The number of ether oxygens (including phenoxy) is 4. The van der Waals surface area contributed by atoms with Gasteiger partial charge in [0.25, 0.3) is 0 Å². The van der Waals surface area contributed by atoms with Gasteiger partial charge in [-0.25, -0.2) is 4.98 Å². The number of nitrogens with zero attached hydrogens (tertiary/aromatic N) is 1. The molecule has 0 bridgehead atoms. The van der Waals surface area contributed by atoms with Crippen LogP contribution in [-0.4, -0.2) is 18.6 Å². The van der Waals surface area contributed by atoms with E-state index >= 15 is 0 Å². The van der Waals surface area contributed by atoms with Crippen molar-refractivity contribution in [1.29, 1.82) is 0 Å². The van der Waals surface area contributed by atoms with Gasteiger partial charge >= 0.3 is 0 Å². The first kappa shape index (κ1) is 19.0. The fourth-order valence-corrected chi connectivity index (χ4v) is 3.77. The van der Waals surface area contributed by atoms with E-state index in [1.54, 1.807) is 12.1 Å². The molecule has 30 heavy (non-hydrogen) atoms. The topological polar surface area (TPSA) is 87.9 Å². The van der Waals surface area contributed by atoms with Gasteiger partial charge in [-0.3, -0.25) is 0 Å². The average molecular weight is 446 g/mol. The van der Waals surface area contributed by atoms with E-state index in [9.17, 15) is 0 Å². The number of halogens is 2. The second-order valence-corrected chi connectivity index (χ2v) is 7.68. The first-order valence-corrected chi connectivity index (χ1v) is 9.98. The lowest BCUT2D eigenvalue weighted by atomic mass is 10.0. The van der Waals surface area contributed by atoms with Gasteiger partial charge in [-0.1, -0.05) is 29.3 Å². The minimum Gasteiger partial charge on any atom is -0.454 e. The van der Waals surface area contributed by atoms with Gasteiger partial charge in [-0.15, -0.1) is 0 Å². The highest BCUT2D eigenvalue weighted by Gasteiger charge is 2.18. The zero-order chi connectivity index (χ0) is 20.7. The van der Waals surface area contributed by atoms with Crippen molar-refractivity contribution in [2.45, 2.75) is 13.0 Å². The van der Waals surface area contributed by atoms with Gasteiger partial charge in [-0.2, -0.15) is 0 Å². The van der Waals surface area contributed by atoms with Crippen molar-refractivity contribution < 1.29 is 18.9 Å². The van der Waals surface area contributed by atoms with Crippen molar-refractivity contribution in [3.8, 4) is 23.0 Å². The summed E-state index contributed by atoms with van der Waals surface area (Å²) in [6, 6.07) is 11.0. The number of hydrogen-bond acceptors (Lipinski definition) is 7. The maximum atomic E-state index is 6.37.